The van der Waals surface area contributed by atoms with Crippen LogP contribution < -0.4 is 14.8 Å². The molecule has 37 heavy (non-hydrogen) atoms. The van der Waals surface area contributed by atoms with Crippen molar-refractivity contribution in [2.45, 2.75) is 20.5 Å². The Bertz CT molecular complexity index is 1480. The Morgan fingerprint density at radius 1 is 1.03 bits per heavy atom. The largest absolute Gasteiger partial charge is 0.497 e. The molecule has 0 radical (unpaired) electrons. The predicted octanol–water partition coefficient (Wildman–Crippen LogP) is 6.99. The van der Waals surface area contributed by atoms with Gasteiger partial charge in [-0.25, -0.2) is 0 Å². The molecule has 186 valence electrons. The Labute approximate surface area is 224 Å². The minimum absolute atomic E-state index is 0.0137. The Morgan fingerprint density at radius 3 is 2.43 bits per heavy atom. The first-order valence-corrected chi connectivity index (χ1v) is 12.4. The van der Waals surface area contributed by atoms with Crippen LogP contribution in [0.2, 0.25) is 0 Å². The van der Waals surface area contributed by atoms with Crippen molar-refractivity contribution in [2.24, 2.45) is 0 Å². The number of carbonyl (C=O) groups is 1. The van der Waals surface area contributed by atoms with Crippen LogP contribution in [0.1, 0.15) is 22.5 Å². The highest BCUT2D eigenvalue weighted by Crippen LogP contribution is 2.25. The van der Waals surface area contributed by atoms with Crippen molar-refractivity contribution in [3.8, 4) is 23.3 Å². The molecule has 0 unspecified atom stereocenters. The smallest absolute Gasteiger partial charge is 0.266 e. The Morgan fingerprint density at radius 2 is 1.76 bits per heavy atom. The standard InChI is InChI=1S/C30H26BrN3O3/c1-20-15-23(16-24(18-32)30(35)33-26-5-4-6-29(17-26)36-3)21(2)34(20)27-11-13-28(14-12-27)37-19-22-7-9-25(31)10-8-22/h4-17H,19H2,1-3H3,(H,33,35)/b24-16-. The van der Waals surface area contributed by atoms with E-state index >= 15 is 0 Å². The summed E-state index contributed by atoms with van der Waals surface area (Å²) in [6, 6.07) is 26.9. The van der Waals surface area contributed by atoms with Gasteiger partial charge in [0.25, 0.3) is 5.91 Å². The lowest BCUT2D eigenvalue weighted by Gasteiger charge is -2.12. The van der Waals surface area contributed by atoms with Crippen LogP contribution in [0.15, 0.2) is 88.9 Å². The molecule has 3 aromatic carbocycles. The molecule has 7 heteroatoms. The van der Waals surface area contributed by atoms with Gasteiger partial charge in [-0.05, 0) is 85.6 Å². The average molecular weight is 556 g/mol. The van der Waals surface area contributed by atoms with E-state index in [-0.39, 0.29) is 5.57 Å². The molecule has 0 fully saturated rings. The third-order valence-corrected chi connectivity index (χ3v) is 6.41. The van der Waals surface area contributed by atoms with Gasteiger partial charge in [0.05, 0.1) is 7.11 Å². The van der Waals surface area contributed by atoms with E-state index in [0.717, 1.165) is 38.4 Å². The van der Waals surface area contributed by atoms with Crippen molar-refractivity contribution >= 4 is 33.6 Å². The molecule has 0 aliphatic rings. The number of carbonyl (C=O) groups excluding carboxylic acids is 1. The number of nitrogens with zero attached hydrogens (tertiary/aromatic N) is 2. The summed E-state index contributed by atoms with van der Waals surface area (Å²) in [6.07, 6.45) is 1.62. The van der Waals surface area contributed by atoms with Gasteiger partial charge in [0.2, 0.25) is 0 Å². The van der Waals surface area contributed by atoms with Crippen molar-refractivity contribution in [2.75, 3.05) is 12.4 Å². The molecule has 1 heterocycles. The maximum Gasteiger partial charge on any atom is 0.266 e. The Hall–Kier alpha value is -4.28. The second kappa shape index (κ2) is 11.6. The molecule has 6 nitrogen and oxygen atoms in total. The number of hydrogen-bond acceptors (Lipinski definition) is 4. The van der Waals surface area contributed by atoms with E-state index in [1.165, 1.54) is 0 Å². The average Bonchev–Trinajstić information content (AvgIpc) is 3.19. The van der Waals surface area contributed by atoms with Gasteiger partial charge >= 0.3 is 0 Å². The maximum absolute atomic E-state index is 12.8. The van der Waals surface area contributed by atoms with Gasteiger partial charge in [0.1, 0.15) is 29.7 Å². The highest BCUT2D eigenvalue weighted by molar-refractivity contribution is 9.10. The van der Waals surface area contributed by atoms with E-state index in [0.29, 0.717) is 18.0 Å². The number of aromatic nitrogens is 1. The van der Waals surface area contributed by atoms with Gasteiger partial charge < -0.3 is 19.4 Å². The number of ether oxygens (including phenoxy) is 2. The number of rotatable bonds is 8. The molecule has 0 spiro atoms. The number of hydrogen-bond donors (Lipinski definition) is 1. The molecule has 4 aromatic rings. The number of halogens is 1. The first-order valence-electron chi connectivity index (χ1n) is 11.6. The fraction of sp³-hybridized carbons (Fsp3) is 0.133. The monoisotopic (exact) mass is 555 g/mol. The molecule has 1 amide bonds. The number of aryl methyl sites for hydroxylation is 1. The summed E-state index contributed by atoms with van der Waals surface area (Å²) in [4.78, 5) is 12.8. The topological polar surface area (TPSA) is 76.3 Å². The molecule has 0 aliphatic heterocycles. The van der Waals surface area contributed by atoms with Gasteiger partial charge in [0, 0.05) is 33.3 Å². The van der Waals surface area contributed by atoms with Crippen molar-refractivity contribution < 1.29 is 14.3 Å². The summed E-state index contributed by atoms with van der Waals surface area (Å²) >= 11 is 3.44. The van der Waals surface area contributed by atoms with E-state index in [4.69, 9.17) is 9.47 Å². The third kappa shape index (κ3) is 6.29. The number of methoxy groups -OCH3 is 1. The van der Waals surface area contributed by atoms with Crippen LogP contribution in [0.3, 0.4) is 0 Å². The predicted molar refractivity (Wildman–Crippen MR) is 149 cm³/mol. The van der Waals surface area contributed by atoms with E-state index in [2.05, 4.69) is 25.8 Å². The molecule has 1 N–H and O–H groups in total. The zero-order valence-electron chi connectivity index (χ0n) is 20.8. The third-order valence-electron chi connectivity index (χ3n) is 5.88. The number of benzene rings is 3. The van der Waals surface area contributed by atoms with Crippen molar-refractivity contribution in [3.63, 3.8) is 0 Å². The second-order valence-electron chi connectivity index (χ2n) is 8.43. The van der Waals surface area contributed by atoms with Gasteiger partial charge in [-0.2, -0.15) is 5.26 Å². The molecular formula is C30H26BrN3O3. The zero-order chi connectivity index (χ0) is 26.4. The number of nitriles is 1. The lowest BCUT2D eigenvalue weighted by atomic mass is 10.1. The van der Waals surface area contributed by atoms with E-state index in [1.54, 1.807) is 37.5 Å². The summed E-state index contributed by atoms with van der Waals surface area (Å²) in [6.45, 7) is 4.44. The summed E-state index contributed by atoms with van der Waals surface area (Å²) in [5.74, 6) is 0.914. The highest BCUT2D eigenvalue weighted by Gasteiger charge is 2.14. The van der Waals surface area contributed by atoms with Gasteiger partial charge in [-0.3, -0.25) is 4.79 Å². The first kappa shape index (κ1) is 25.8. The lowest BCUT2D eigenvalue weighted by molar-refractivity contribution is -0.112. The minimum Gasteiger partial charge on any atom is -0.497 e. The molecule has 0 bridgehead atoms. The fourth-order valence-electron chi connectivity index (χ4n) is 3.97. The Balaban J connectivity index is 1.50. The van der Waals surface area contributed by atoms with Crippen molar-refractivity contribution in [1.29, 1.82) is 5.26 Å². The van der Waals surface area contributed by atoms with Crippen LogP contribution >= 0.6 is 15.9 Å². The van der Waals surface area contributed by atoms with E-state index in [1.807, 2.05) is 74.5 Å². The van der Waals surface area contributed by atoms with E-state index in [9.17, 15) is 10.1 Å². The highest BCUT2D eigenvalue weighted by atomic mass is 79.9. The van der Waals surface area contributed by atoms with Crippen LogP contribution in [0.4, 0.5) is 5.69 Å². The first-order chi connectivity index (χ1) is 17.9. The summed E-state index contributed by atoms with van der Waals surface area (Å²) in [5, 5.41) is 12.4. The number of amides is 1. The lowest BCUT2D eigenvalue weighted by Crippen LogP contribution is -2.13. The molecule has 0 saturated carbocycles. The molecule has 1 aromatic heterocycles. The summed E-state index contributed by atoms with van der Waals surface area (Å²) in [7, 11) is 1.56. The van der Waals surface area contributed by atoms with Gasteiger partial charge in [-0.1, -0.05) is 34.1 Å². The van der Waals surface area contributed by atoms with Crippen LogP contribution in [0, 0.1) is 25.2 Å². The van der Waals surface area contributed by atoms with Gasteiger partial charge in [0.15, 0.2) is 0 Å². The van der Waals surface area contributed by atoms with Crippen molar-refractivity contribution in [3.05, 3.63) is 111 Å². The van der Waals surface area contributed by atoms with Crippen LogP contribution in [-0.2, 0) is 11.4 Å². The molecule has 0 saturated heterocycles. The second-order valence-corrected chi connectivity index (χ2v) is 9.34. The fourth-order valence-corrected chi connectivity index (χ4v) is 4.24. The normalized spacial score (nSPS) is 11.1. The summed E-state index contributed by atoms with van der Waals surface area (Å²) < 4.78 is 14.2. The molecule has 0 atom stereocenters. The number of anilines is 1. The zero-order valence-corrected chi connectivity index (χ0v) is 22.4. The molecule has 0 aliphatic carbocycles. The minimum atomic E-state index is -0.479. The maximum atomic E-state index is 12.8. The van der Waals surface area contributed by atoms with E-state index < -0.39 is 5.91 Å². The Kier molecular flexibility index (Phi) is 8.11. The molecular weight excluding hydrogens is 530 g/mol. The van der Waals surface area contributed by atoms with Crippen LogP contribution in [0.5, 0.6) is 11.5 Å². The quantitative estimate of drug-likeness (QED) is 0.188. The van der Waals surface area contributed by atoms with Crippen LogP contribution in [-0.4, -0.2) is 17.6 Å². The molecule has 4 rings (SSSR count). The van der Waals surface area contributed by atoms with Crippen LogP contribution in [0.25, 0.3) is 11.8 Å². The number of nitrogens with one attached hydrogen (secondary N) is 1. The summed E-state index contributed by atoms with van der Waals surface area (Å²) in [5.41, 5.74) is 5.32. The SMILES string of the molecule is COc1cccc(NC(=O)/C(C#N)=C\c2cc(C)n(-c3ccc(OCc4ccc(Br)cc4)cc3)c2C)c1. The van der Waals surface area contributed by atoms with Crippen molar-refractivity contribution in [1.82, 2.24) is 4.57 Å². The van der Waals surface area contributed by atoms with Gasteiger partial charge in [-0.15, -0.1) is 0 Å².